The molecule has 0 saturated carbocycles. The lowest BCUT2D eigenvalue weighted by molar-refractivity contribution is 0.763. The zero-order chi connectivity index (χ0) is 14.9. The Morgan fingerprint density at radius 2 is 1.55 bits per heavy atom. The summed E-state index contributed by atoms with van der Waals surface area (Å²) in [6, 6.07) is 18.9. The number of nitrogens with one attached hydrogen (secondary N) is 1. The second-order valence-electron chi connectivity index (χ2n) is 4.78. The zero-order valence-electron chi connectivity index (χ0n) is 11.5. The van der Waals surface area contributed by atoms with Crippen LogP contribution in [0.3, 0.4) is 0 Å². The summed E-state index contributed by atoms with van der Waals surface area (Å²) in [5.74, 6) is 0.484. The van der Waals surface area contributed by atoms with Crippen molar-refractivity contribution in [1.82, 2.24) is 25.0 Å². The molecule has 2 aromatic heterocycles. The predicted molar refractivity (Wildman–Crippen MR) is 82.7 cm³/mol. The van der Waals surface area contributed by atoms with Crippen molar-refractivity contribution in [1.29, 1.82) is 0 Å². The fraction of sp³-hybridized carbons (Fsp3) is 0. The summed E-state index contributed by atoms with van der Waals surface area (Å²) in [5, 5.41) is 8.52. The van der Waals surface area contributed by atoms with Gasteiger partial charge in [0.1, 0.15) is 5.82 Å². The van der Waals surface area contributed by atoms with Gasteiger partial charge in [-0.3, -0.25) is 4.79 Å². The number of aromatic amines is 1. The van der Waals surface area contributed by atoms with Crippen molar-refractivity contribution in [3.63, 3.8) is 0 Å². The van der Waals surface area contributed by atoms with Gasteiger partial charge in [0, 0.05) is 5.56 Å². The molecule has 6 heteroatoms. The van der Waals surface area contributed by atoms with Crippen LogP contribution in [-0.2, 0) is 0 Å². The number of rotatable bonds is 2. The first-order valence-electron chi connectivity index (χ1n) is 6.79. The van der Waals surface area contributed by atoms with Crippen LogP contribution in [0.2, 0.25) is 0 Å². The van der Waals surface area contributed by atoms with E-state index >= 15 is 0 Å². The molecule has 4 rings (SSSR count). The van der Waals surface area contributed by atoms with Crippen LogP contribution in [0.15, 0.2) is 65.5 Å². The average molecular weight is 289 g/mol. The lowest BCUT2D eigenvalue weighted by Gasteiger charge is -1.98. The maximum atomic E-state index is 12.2. The standard InChI is InChI=1S/C16H11N5O/c22-16-13-15(17-14(18-16)11-7-3-1-4-8-11)20-21(19-13)12-9-5-2-6-10-12/h1-10H,(H,17,18,20,22). The number of benzene rings is 2. The van der Waals surface area contributed by atoms with Gasteiger partial charge in [0.05, 0.1) is 5.69 Å². The molecule has 2 aromatic carbocycles. The Kier molecular flexibility index (Phi) is 2.79. The van der Waals surface area contributed by atoms with E-state index in [4.69, 9.17) is 0 Å². The summed E-state index contributed by atoms with van der Waals surface area (Å²) in [7, 11) is 0. The number of hydrogen-bond donors (Lipinski definition) is 1. The number of H-pyrrole nitrogens is 1. The van der Waals surface area contributed by atoms with Crippen LogP contribution < -0.4 is 5.56 Å². The monoisotopic (exact) mass is 289 g/mol. The number of fused-ring (bicyclic) bond motifs is 1. The van der Waals surface area contributed by atoms with E-state index in [2.05, 4.69) is 20.2 Å². The molecular formula is C16H11N5O. The first-order chi connectivity index (χ1) is 10.8. The normalized spacial score (nSPS) is 10.9. The van der Waals surface area contributed by atoms with Gasteiger partial charge in [-0.1, -0.05) is 48.5 Å². The highest BCUT2D eigenvalue weighted by Gasteiger charge is 2.12. The lowest BCUT2D eigenvalue weighted by atomic mass is 10.2. The van der Waals surface area contributed by atoms with Crippen molar-refractivity contribution in [2.45, 2.75) is 0 Å². The van der Waals surface area contributed by atoms with Crippen molar-refractivity contribution < 1.29 is 0 Å². The fourth-order valence-electron chi connectivity index (χ4n) is 2.23. The molecule has 4 aromatic rings. The van der Waals surface area contributed by atoms with Gasteiger partial charge in [-0.05, 0) is 12.1 Å². The molecule has 0 spiro atoms. The Labute approximate surface area is 125 Å². The maximum Gasteiger partial charge on any atom is 0.281 e. The smallest absolute Gasteiger partial charge is 0.281 e. The van der Waals surface area contributed by atoms with E-state index in [0.717, 1.165) is 11.3 Å². The van der Waals surface area contributed by atoms with Gasteiger partial charge in [0.2, 0.25) is 5.65 Å². The minimum Gasteiger partial charge on any atom is -0.304 e. The third kappa shape index (κ3) is 2.07. The zero-order valence-corrected chi connectivity index (χ0v) is 11.5. The van der Waals surface area contributed by atoms with Crippen LogP contribution >= 0.6 is 0 Å². The van der Waals surface area contributed by atoms with E-state index in [0.29, 0.717) is 11.5 Å². The van der Waals surface area contributed by atoms with Crippen molar-refractivity contribution in [3.05, 3.63) is 71.0 Å². The summed E-state index contributed by atoms with van der Waals surface area (Å²) < 4.78 is 0. The van der Waals surface area contributed by atoms with E-state index in [-0.39, 0.29) is 11.1 Å². The molecule has 106 valence electrons. The van der Waals surface area contributed by atoms with Gasteiger partial charge in [-0.25, -0.2) is 4.98 Å². The van der Waals surface area contributed by atoms with Crippen molar-refractivity contribution >= 4 is 11.2 Å². The summed E-state index contributed by atoms with van der Waals surface area (Å²) in [6.45, 7) is 0. The molecule has 0 aliphatic rings. The molecule has 22 heavy (non-hydrogen) atoms. The molecule has 0 aliphatic heterocycles. The van der Waals surface area contributed by atoms with E-state index in [1.54, 1.807) is 0 Å². The quantitative estimate of drug-likeness (QED) is 0.613. The topological polar surface area (TPSA) is 76.5 Å². The SMILES string of the molecule is O=c1[nH]c(-c2ccccc2)nc2nn(-c3ccccc3)nc12. The third-order valence-corrected chi connectivity index (χ3v) is 3.30. The highest BCUT2D eigenvalue weighted by Crippen LogP contribution is 2.14. The second kappa shape index (κ2) is 4.92. The van der Waals surface area contributed by atoms with Crippen LogP contribution in [0.4, 0.5) is 0 Å². The molecule has 0 fully saturated rings. The van der Waals surface area contributed by atoms with Crippen molar-refractivity contribution in [2.24, 2.45) is 0 Å². The van der Waals surface area contributed by atoms with Gasteiger partial charge in [-0.15, -0.1) is 15.0 Å². The Balaban J connectivity index is 1.91. The molecule has 0 radical (unpaired) electrons. The number of hydrogen-bond acceptors (Lipinski definition) is 4. The van der Waals surface area contributed by atoms with Crippen LogP contribution in [0.1, 0.15) is 0 Å². The van der Waals surface area contributed by atoms with Crippen LogP contribution in [0, 0.1) is 0 Å². The summed E-state index contributed by atoms with van der Waals surface area (Å²) in [4.78, 5) is 20.8. The minimum absolute atomic E-state index is 0.225. The Hall–Kier alpha value is -3.28. The largest absolute Gasteiger partial charge is 0.304 e. The molecule has 6 nitrogen and oxygen atoms in total. The molecule has 0 saturated heterocycles. The van der Waals surface area contributed by atoms with Crippen molar-refractivity contribution in [3.8, 4) is 17.1 Å². The van der Waals surface area contributed by atoms with Gasteiger partial charge >= 0.3 is 0 Å². The van der Waals surface area contributed by atoms with Crippen molar-refractivity contribution in [2.75, 3.05) is 0 Å². The van der Waals surface area contributed by atoms with Gasteiger partial charge in [0.15, 0.2) is 5.52 Å². The number of nitrogens with zero attached hydrogens (tertiary/aromatic N) is 4. The highest BCUT2D eigenvalue weighted by molar-refractivity contribution is 5.71. The van der Waals surface area contributed by atoms with E-state index in [9.17, 15) is 4.79 Å². The van der Waals surface area contributed by atoms with E-state index in [1.807, 2.05) is 60.7 Å². The first kappa shape index (κ1) is 12.5. The first-order valence-corrected chi connectivity index (χ1v) is 6.79. The molecule has 0 bridgehead atoms. The van der Waals surface area contributed by atoms with E-state index in [1.165, 1.54) is 4.80 Å². The minimum atomic E-state index is -0.300. The number of aromatic nitrogens is 5. The molecule has 0 aliphatic carbocycles. The highest BCUT2D eigenvalue weighted by atomic mass is 16.1. The van der Waals surface area contributed by atoms with Crippen LogP contribution in [0.5, 0.6) is 0 Å². The average Bonchev–Trinajstić information content (AvgIpc) is 3.01. The Morgan fingerprint density at radius 1 is 0.864 bits per heavy atom. The predicted octanol–water partition coefficient (Wildman–Crippen LogP) is 2.17. The molecule has 1 N–H and O–H groups in total. The maximum absolute atomic E-state index is 12.2. The lowest BCUT2D eigenvalue weighted by Crippen LogP contribution is -2.09. The molecular weight excluding hydrogens is 278 g/mol. The molecule has 0 unspecified atom stereocenters. The second-order valence-corrected chi connectivity index (χ2v) is 4.78. The summed E-state index contributed by atoms with van der Waals surface area (Å²) >= 11 is 0. The molecule has 2 heterocycles. The summed E-state index contributed by atoms with van der Waals surface area (Å²) in [5.41, 5.74) is 1.86. The Morgan fingerprint density at radius 3 is 2.27 bits per heavy atom. The van der Waals surface area contributed by atoms with Gasteiger partial charge in [0.25, 0.3) is 5.56 Å². The third-order valence-electron chi connectivity index (χ3n) is 3.30. The molecule has 0 amide bonds. The van der Waals surface area contributed by atoms with Gasteiger partial charge in [-0.2, -0.15) is 0 Å². The fourth-order valence-corrected chi connectivity index (χ4v) is 2.23. The van der Waals surface area contributed by atoms with E-state index < -0.39 is 0 Å². The molecule has 0 atom stereocenters. The summed E-state index contributed by atoms with van der Waals surface area (Å²) in [6.07, 6.45) is 0. The van der Waals surface area contributed by atoms with Crippen LogP contribution in [0.25, 0.3) is 28.2 Å². The number of para-hydroxylation sites is 1. The van der Waals surface area contributed by atoms with Crippen LogP contribution in [-0.4, -0.2) is 25.0 Å². The van der Waals surface area contributed by atoms with Gasteiger partial charge < -0.3 is 4.98 Å². The Bertz CT molecular complexity index is 989.